The Bertz CT molecular complexity index is 697. The number of nitrogens with one attached hydrogen (secondary N) is 2. The van der Waals surface area contributed by atoms with E-state index >= 15 is 0 Å². The molecule has 0 aromatic heterocycles. The number of hydrogen-bond donors (Lipinski definition) is 2. The first kappa shape index (κ1) is 19.4. The fourth-order valence-electron chi connectivity index (χ4n) is 3.35. The number of aryl methyl sites for hydroxylation is 1. The van der Waals surface area contributed by atoms with Crippen molar-refractivity contribution in [3.05, 3.63) is 71.3 Å². The fraction of sp³-hybridized carbons (Fsp3) is 0.409. The van der Waals surface area contributed by atoms with Crippen LogP contribution in [-0.4, -0.2) is 43.8 Å². The van der Waals surface area contributed by atoms with E-state index in [9.17, 15) is 4.79 Å². The lowest BCUT2D eigenvalue weighted by atomic mass is 10.0. The molecule has 2 aromatic carbocycles. The van der Waals surface area contributed by atoms with Crippen LogP contribution in [0, 0.1) is 0 Å². The Kier molecular flexibility index (Phi) is 7.25. The molecule has 1 aliphatic rings. The number of hydrogen-bond acceptors (Lipinski definition) is 3. The Morgan fingerprint density at radius 2 is 1.70 bits per heavy atom. The smallest absolute Gasteiger partial charge is 0.315 e. The monoisotopic (exact) mass is 367 g/mol. The molecule has 5 nitrogen and oxygen atoms in total. The molecule has 2 amide bonds. The summed E-state index contributed by atoms with van der Waals surface area (Å²) < 4.78 is 5.49. The van der Waals surface area contributed by atoms with Crippen molar-refractivity contribution in [2.24, 2.45) is 0 Å². The largest absolute Gasteiger partial charge is 0.379 e. The minimum Gasteiger partial charge on any atom is -0.379 e. The second-order valence-electron chi connectivity index (χ2n) is 6.81. The molecule has 0 radical (unpaired) electrons. The normalized spacial score (nSPS) is 15.9. The van der Waals surface area contributed by atoms with Crippen molar-refractivity contribution in [2.45, 2.75) is 25.9 Å². The van der Waals surface area contributed by atoms with Crippen molar-refractivity contribution in [1.82, 2.24) is 15.5 Å². The van der Waals surface area contributed by atoms with Crippen LogP contribution < -0.4 is 10.6 Å². The van der Waals surface area contributed by atoms with Gasteiger partial charge in [0.2, 0.25) is 0 Å². The summed E-state index contributed by atoms with van der Waals surface area (Å²) in [5, 5.41) is 5.98. The molecule has 0 spiro atoms. The van der Waals surface area contributed by atoms with Gasteiger partial charge in [0.1, 0.15) is 0 Å². The van der Waals surface area contributed by atoms with E-state index in [0.29, 0.717) is 13.1 Å². The van der Waals surface area contributed by atoms with Crippen LogP contribution in [0.2, 0.25) is 0 Å². The molecule has 2 aromatic rings. The zero-order valence-electron chi connectivity index (χ0n) is 16.0. The van der Waals surface area contributed by atoms with Crippen molar-refractivity contribution in [3.63, 3.8) is 0 Å². The number of rotatable bonds is 7. The summed E-state index contributed by atoms with van der Waals surface area (Å²) in [4.78, 5) is 14.7. The van der Waals surface area contributed by atoms with Gasteiger partial charge in [-0.15, -0.1) is 0 Å². The highest BCUT2D eigenvalue weighted by Crippen LogP contribution is 2.22. The van der Waals surface area contributed by atoms with Crippen molar-refractivity contribution in [2.75, 3.05) is 32.8 Å². The molecule has 0 bridgehead atoms. The standard InChI is InChI=1S/C22H29N3O2/c1-2-18-8-10-20(11-9-18)21(25-12-14-27-15-13-25)17-24-22(26)23-16-19-6-4-3-5-7-19/h3-11,21H,2,12-17H2,1H3,(H2,23,24,26). The summed E-state index contributed by atoms with van der Waals surface area (Å²) >= 11 is 0. The maximum Gasteiger partial charge on any atom is 0.315 e. The predicted molar refractivity (Wildman–Crippen MR) is 108 cm³/mol. The maximum absolute atomic E-state index is 12.3. The molecule has 2 N–H and O–H groups in total. The lowest BCUT2D eigenvalue weighted by Crippen LogP contribution is -2.45. The Morgan fingerprint density at radius 3 is 2.37 bits per heavy atom. The van der Waals surface area contributed by atoms with Gasteiger partial charge in [0.25, 0.3) is 0 Å². The molecule has 1 fully saturated rings. The summed E-state index contributed by atoms with van der Waals surface area (Å²) in [5.74, 6) is 0. The number of carbonyl (C=O) groups is 1. The molecular weight excluding hydrogens is 338 g/mol. The van der Waals surface area contributed by atoms with Gasteiger partial charge in [0.15, 0.2) is 0 Å². The topological polar surface area (TPSA) is 53.6 Å². The number of urea groups is 1. The fourth-order valence-corrected chi connectivity index (χ4v) is 3.35. The van der Waals surface area contributed by atoms with Gasteiger partial charge in [-0.1, -0.05) is 61.5 Å². The number of carbonyl (C=O) groups excluding carboxylic acids is 1. The number of amides is 2. The van der Waals surface area contributed by atoms with Crippen molar-refractivity contribution in [1.29, 1.82) is 0 Å². The van der Waals surface area contributed by atoms with Gasteiger partial charge in [0, 0.05) is 26.2 Å². The molecule has 0 aliphatic carbocycles. The second-order valence-corrected chi connectivity index (χ2v) is 6.81. The maximum atomic E-state index is 12.3. The summed E-state index contributed by atoms with van der Waals surface area (Å²) in [6.45, 7) is 6.51. The van der Waals surface area contributed by atoms with Crippen LogP contribution in [-0.2, 0) is 17.7 Å². The minimum atomic E-state index is -0.137. The summed E-state index contributed by atoms with van der Waals surface area (Å²) in [6.07, 6.45) is 1.03. The molecule has 1 saturated heterocycles. The van der Waals surface area contributed by atoms with Crippen LogP contribution in [0.3, 0.4) is 0 Å². The molecule has 1 atom stereocenters. The van der Waals surface area contributed by atoms with Crippen LogP contribution in [0.15, 0.2) is 54.6 Å². The highest BCUT2D eigenvalue weighted by molar-refractivity contribution is 5.73. The Labute approximate surface area is 161 Å². The number of morpholine rings is 1. The van der Waals surface area contributed by atoms with E-state index in [1.807, 2.05) is 30.3 Å². The zero-order chi connectivity index (χ0) is 18.9. The van der Waals surface area contributed by atoms with E-state index in [4.69, 9.17) is 4.74 Å². The Hall–Kier alpha value is -2.37. The SMILES string of the molecule is CCc1ccc(C(CNC(=O)NCc2ccccc2)N2CCOCC2)cc1. The quantitative estimate of drug-likeness (QED) is 0.791. The van der Waals surface area contributed by atoms with E-state index < -0.39 is 0 Å². The Balaban J connectivity index is 1.59. The number of benzene rings is 2. The lowest BCUT2D eigenvalue weighted by molar-refractivity contribution is 0.0167. The van der Waals surface area contributed by atoms with Gasteiger partial charge in [-0.05, 0) is 23.1 Å². The molecule has 3 rings (SSSR count). The second kappa shape index (κ2) is 10.1. The summed E-state index contributed by atoms with van der Waals surface area (Å²) in [6, 6.07) is 18.7. The van der Waals surface area contributed by atoms with Crippen molar-refractivity contribution in [3.8, 4) is 0 Å². The van der Waals surface area contributed by atoms with Crippen LogP contribution >= 0.6 is 0 Å². The van der Waals surface area contributed by atoms with E-state index in [0.717, 1.165) is 38.3 Å². The molecule has 1 heterocycles. The zero-order valence-corrected chi connectivity index (χ0v) is 16.0. The first-order valence-corrected chi connectivity index (χ1v) is 9.72. The first-order valence-electron chi connectivity index (χ1n) is 9.72. The highest BCUT2D eigenvalue weighted by atomic mass is 16.5. The van der Waals surface area contributed by atoms with Gasteiger partial charge in [-0.25, -0.2) is 4.79 Å². The van der Waals surface area contributed by atoms with Gasteiger partial charge in [-0.3, -0.25) is 4.90 Å². The molecule has 1 aliphatic heterocycles. The van der Waals surface area contributed by atoms with Crippen LogP contribution in [0.5, 0.6) is 0 Å². The highest BCUT2D eigenvalue weighted by Gasteiger charge is 2.23. The molecule has 0 saturated carbocycles. The van der Waals surface area contributed by atoms with E-state index in [1.165, 1.54) is 11.1 Å². The summed E-state index contributed by atoms with van der Waals surface area (Å²) in [5.41, 5.74) is 3.65. The average Bonchev–Trinajstić information content (AvgIpc) is 2.74. The van der Waals surface area contributed by atoms with Gasteiger partial charge in [-0.2, -0.15) is 0 Å². The molecule has 27 heavy (non-hydrogen) atoms. The number of nitrogens with zero attached hydrogens (tertiary/aromatic N) is 1. The van der Waals surface area contributed by atoms with Crippen LogP contribution in [0.25, 0.3) is 0 Å². The van der Waals surface area contributed by atoms with Gasteiger partial charge >= 0.3 is 6.03 Å². The van der Waals surface area contributed by atoms with Gasteiger partial charge < -0.3 is 15.4 Å². The van der Waals surface area contributed by atoms with Gasteiger partial charge in [0.05, 0.1) is 19.3 Å². The van der Waals surface area contributed by atoms with Crippen molar-refractivity contribution >= 4 is 6.03 Å². The molecule has 5 heteroatoms. The number of ether oxygens (including phenoxy) is 1. The van der Waals surface area contributed by atoms with Crippen molar-refractivity contribution < 1.29 is 9.53 Å². The predicted octanol–water partition coefficient (Wildman–Crippen LogP) is 3.12. The average molecular weight is 367 g/mol. The van der Waals surface area contributed by atoms with Crippen LogP contribution in [0.1, 0.15) is 29.7 Å². The van der Waals surface area contributed by atoms with E-state index in [-0.39, 0.29) is 12.1 Å². The van der Waals surface area contributed by atoms with Crippen LogP contribution in [0.4, 0.5) is 4.79 Å². The first-order chi connectivity index (χ1) is 13.3. The Morgan fingerprint density at radius 1 is 1.00 bits per heavy atom. The molecule has 1 unspecified atom stereocenters. The van der Waals surface area contributed by atoms with E-state index in [1.54, 1.807) is 0 Å². The van der Waals surface area contributed by atoms with E-state index in [2.05, 4.69) is 46.7 Å². The minimum absolute atomic E-state index is 0.137. The third kappa shape index (κ3) is 5.81. The molecule has 144 valence electrons. The third-order valence-electron chi connectivity index (χ3n) is 5.01. The lowest BCUT2D eigenvalue weighted by Gasteiger charge is -2.35. The summed E-state index contributed by atoms with van der Waals surface area (Å²) in [7, 11) is 0. The molecular formula is C22H29N3O2. The third-order valence-corrected chi connectivity index (χ3v) is 5.01.